The van der Waals surface area contributed by atoms with Crippen molar-refractivity contribution in [2.24, 2.45) is 0 Å². The SMILES string of the molecule is CCCCCCCCCC(=O)[O-].CCCCCCCCCC(=O)[O-].[CH3][Sn+2][CH3]. The van der Waals surface area contributed by atoms with E-state index in [1.54, 1.807) is 0 Å². The number of carbonyl (C=O) groups excluding carboxylic acids is 2. The summed E-state index contributed by atoms with van der Waals surface area (Å²) in [6, 6.07) is 0. The monoisotopic (exact) mass is 492 g/mol. The van der Waals surface area contributed by atoms with Crippen molar-refractivity contribution < 1.29 is 19.8 Å². The maximum atomic E-state index is 10.0. The molecule has 0 N–H and O–H groups in total. The van der Waals surface area contributed by atoms with Gasteiger partial charge in [0, 0.05) is 11.9 Å². The van der Waals surface area contributed by atoms with E-state index in [4.69, 9.17) is 0 Å². The van der Waals surface area contributed by atoms with Crippen molar-refractivity contribution in [1.82, 2.24) is 0 Å². The molecule has 0 saturated carbocycles. The first-order valence-electron chi connectivity index (χ1n) is 10.9. The fourth-order valence-electron chi connectivity index (χ4n) is 2.45. The van der Waals surface area contributed by atoms with E-state index >= 15 is 0 Å². The molecule has 0 aromatic carbocycles. The number of unbranched alkanes of at least 4 members (excludes halogenated alkanes) is 12. The fourth-order valence-corrected chi connectivity index (χ4v) is 2.45. The Morgan fingerprint density at radius 1 is 0.556 bits per heavy atom. The third kappa shape index (κ3) is 46.1. The minimum absolute atomic E-state index is 0.230. The summed E-state index contributed by atoms with van der Waals surface area (Å²) in [4.78, 5) is 24.6. The predicted octanol–water partition coefficient (Wildman–Crippen LogP) is 4.54. The summed E-state index contributed by atoms with van der Waals surface area (Å²) < 4.78 is 0. The number of carbonyl (C=O) groups is 2. The van der Waals surface area contributed by atoms with Crippen LogP contribution in [-0.2, 0) is 9.59 Å². The van der Waals surface area contributed by atoms with E-state index < -0.39 is 11.9 Å². The van der Waals surface area contributed by atoms with E-state index in [0.29, 0.717) is 0 Å². The van der Waals surface area contributed by atoms with Crippen LogP contribution in [0.25, 0.3) is 0 Å². The van der Waals surface area contributed by atoms with E-state index in [1.165, 1.54) is 64.2 Å². The molecule has 4 nitrogen and oxygen atoms in total. The molecule has 0 aliphatic heterocycles. The summed E-state index contributed by atoms with van der Waals surface area (Å²) in [5.41, 5.74) is 0. The number of aliphatic carboxylic acids is 2. The summed E-state index contributed by atoms with van der Waals surface area (Å²) in [5.74, 6) is -1.83. The van der Waals surface area contributed by atoms with Crippen molar-refractivity contribution >= 4 is 33.1 Å². The number of rotatable bonds is 16. The normalized spacial score (nSPS) is 9.33. The van der Waals surface area contributed by atoms with Gasteiger partial charge < -0.3 is 19.8 Å². The molecule has 0 aromatic heterocycles. The Kier molecular flexibility index (Phi) is 35.5. The van der Waals surface area contributed by atoms with Crippen LogP contribution in [0.4, 0.5) is 0 Å². The number of carboxylic acid groups (broad SMARTS) is 2. The molecule has 0 spiro atoms. The van der Waals surface area contributed by atoms with Crippen molar-refractivity contribution in [3.63, 3.8) is 0 Å². The van der Waals surface area contributed by atoms with E-state index in [-0.39, 0.29) is 34.0 Å². The average Bonchev–Trinajstić information content (AvgIpc) is 2.61. The standard InChI is InChI=1S/2C10H20O2.2CH3.Sn/c2*1-2-3-4-5-6-7-8-9-10(11)12;;;/h2*2-9H2,1H3,(H,11,12);2*1H3;/q;;;;+2/p-2. The quantitative estimate of drug-likeness (QED) is 0.235. The van der Waals surface area contributed by atoms with Crippen LogP contribution in [-0.4, -0.2) is 33.1 Å². The fraction of sp³-hybridized carbons (Fsp3) is 0.909. The van der Waals surface area contributed by atoms with Crippen LogP contribution in [0, 0.1) is 0 Å². The van der Waals surface area contributed by atoms with Gasteiger partial charge in [0.2, 0.25) is 0 Å². The van der Waals surface area contributed by atoms with Gasteiger partial charge >= 0.3 is 31.0 Å². The molecule has 5 heteroatoms. The molecule has 0 rings (SSSR count). The number of hydrogen-bond donors (Lipinski definition) is 0. The second kappa shape index (κ2) is 30.5. The molecule has 0 aliphatic rings. The second-order valence-electron chi connectivity index (χ2n) is 6.99. The van der Waals surface area contributed by atoms with Crippen molar-refractivity contribution in [3.05, 3.63) is 0 Å². The van der Waals surface area contributed by atoms with E-state index in [0.717, 1.165) is 25.7 Å². The van der Waals surface area contributed by atoms with Gasteiger partial charge in [0.05, 0.1) is 0 Å². The summed E-state index contributed by atoms with van der Waals surface area (Å²) >= 11 is 0.230. The van der Waals surface area contributed by atoms with Gasteiger partial charge in [0.15, 0.2) is 0 Å². The van der Waals surface area contributed by atoms with E-state index in [1.807, 2.05) is 0 Å². The molecule has 0 aliphatic carbocycles. The molecule has 27 heavy (non-hydrogen) atoms. The molecule has 0 amide bonds. The summed E-state index contributed by atoms with van der Waals surface area (Å²) in [5, 5.41) is 20.0. The molecule has 0 unspecified atom stereocenters. The zero-order valence-corrected chi connectivity index (χ0v) is 21.3. The minimum atomic E-state index is -0.913. The van der Waals surface area contributed by atoms with Gasteiger partial charge in [0.25, 0.3) is 0 Å². The summed E-state index contributed by atoms with van der Waals surface area (Å²) in [7, 11) is 0. The van der Waals surface area contributed by atoms with Crippen molar-refractivity contribution in [3.8, 4) is 0 Å². The van der Waals surface area contributed by atoms with Crippen molar-refractivity contribution in [2.45, 2.75) is 126 Å². The third-order valence-corrected chi connectivity index (χ3v) is 3.97. The summed E-state index contributed by atoms with van der Waals surface area (Å²) in [6.07, 6.45) is 16.7. The third-order valence-electron chi connectivity index (χ3n) is 3.97. The Hall–Kier alpha value is -0.261. The molecule has 0 bridgehead atoms. The van der Waals surface area contributed by atoms with Gasteiger partial charge in [-0.05, 0) is 25.7 Å². The Labute approximate surface area is 179 Å². The van der Waals surface area contributed by atoms with Crippen LogP contribution >= 0.6 is 0 Å². The molecule has 0 heterocycles. The molecule has 0 radical (unpaired) electrons. The summed E-state index contributed by atoms with van der Waals surface area (Å²) in [6.45, 7) is 4.38. The average molecular weight is 491 g/mol. The molecular weight excluding hydrogens is 447 g/mol. The second-order valence-corrected chi connectivity index (χ2v) is 9.84. The van der Waals surface area contributed by atoms with E-state index in [9.17, 15) is 19.8 Å². The Bertz CT molecular complexity index is 268. The first-order chi connectivity index (χ1) is 13.0. The molecule has 0 fully saturated rings. The maximum absolute atomic E-state index is 10.0. The van der Waals surface area contributed by atoms with Crippen LogP contribution in [0.1, 0.15) is 117 Å². The Morgan fingerprint density at radius 3 is 1.00 bits per heavy atom. The van der Waals surface area contributed by atoms with Crippen LogP contribution in [0.2, 0.25) is 9.88 Å². The molecular formula is C22H44O4Sn. The topological polar surface area (TPSA) is 80.3 Å². The molecule has 160 valence electrons. The number of hydrogen-bond acceptors (Lipinski definition) is 4. The van der Waals surface area contributed by atoms with Crippen molar-refractivity contribution in [2.75, 3.05) is 0 Å². The first kappa shape index (κ1) is 31.4. The van der Waals surface area contributed by atoms with Gasteiger partial charge in [0.1, 0.15) is 0 Å². The number of carboxylic acids is 2. The zero-order valence-electron chi connectivity index (χ0n) is 18.4. The van der Waals surface area contributed by atoms with Gasteiger partial charge in [-0.2, -0.15) is 0 Å². The molecule has 0 saturated heterocycles. The van der Waals surface area contributed by atoms with Crippen LogP contribution in [0.3, 0.4) is 0 Å². The Balaban J connectivity index is -0.000000372. The van der Waals surface area contributed by atoms with Crippen LogP contribution in [0.15, 0.2) is 0 Å². The van der Waals surface area contributed by atoms with Crippen LogP contribution < -0.4 is 10.2 Å². The molecule has 0 atom stereocenters. The van der Waals surface area contributed by atoms with Gasteiger partial charge in [-0.1, -0.05) is 90.9 Å². The zero-order chi connectivity index (χ0) is 21.2. The van der Waals surface area contributed by atoms with Crippen molar-refractivity contribution in [1.29, 1.82) is 0 Å². The van der Waals surface area contributed by atoms with Gasteiger partial charge in [-0.15, -0.1) is 0 Å². The van der Waals surface area contributed by atoms with Gasteiger partial charge in [-0.3, -0.25) is 0 Å². The Morgan fingerprint density at radius 2 is 0.778 bits per heavy atom. The molecule has 0 aromatic rings. The van der Waals surface area contributed by atoms with Crippen LogP contribution in [0.5, 0.6) is 0 Å². The van der Waals surface area contributed by atoms with E-state index in [2.05, 4.69) is 23.7 Å². The van der Waals surface area contributed by atoms with Gasteiger partial charge in [-0.25, -0.2) is 0 Å². The predicted molar refractivity (Wildman–Crippen MR) is 113 cm³/mol. The first-order valence-corrected chi connectivity index (χ1v) is 16.6.